The summed E-state index contributed by atoms with van der Waals surface area (Å²) >= 11 is 0. The van der Waals surface area contributed by atoms with Crippen molar-refractivity contribution in [1.29, 1.82) is 0 Å². The average Bonchev–Trinajstić information content (AvgIpc) is 2.56. The molecule has 3 heteroatoms. The minimum atomic E-state index is 0.175. The molecule has 0 aromatic heterocycles. The van der Waals surface area contributed by atoms with Crippen LogP contribution in [0.3, 0.4) is 0 Å². The van der Waals surface area contributed by atoms with Crippen molar-refractivity contribution >= 4 is 17.3 Å². The predicted octanol–water partition coefficient (Wildman–Crippen LogP) is 3.19. The third-order valence-electron chi connectivity index (χ3n) is 4.45. The Morgan fingerprint density at radius 3 is 1.67 bits per heavy atom. The summed E-state index contributed by atoms with van der Waals surface area (Å²) < 4.78 is 0.825. The Balaban J connectivity index is 2.00. The van der Waals surface area contributed by atoms with Crippen LogP contribution in [0.4, 0.5) is 11.4 Å². The molecular formula is C18H21N2O+. The molecule has 0 bridgehead atoms. The normalized spacial score (nSPS) is 17.5. The molecule has 1 fully saturated rings. The summed E-state index contributed by atoms with van der Waals surface area (Å²) in [4.78, 5) is 13.5. The molecule has 1 aliphatic heterocycles. The fraction of sp³-hybridized carbons (Fsp3) is 0.278. The van der Waals surface area contributed by atoms with Gasteiger partial charge in [-0.05, 0) is 24.3 Å². The van der Waals surface area contributed by atoms with Crippen LogP contribution in [0, 0.1) is 0 Å². The van der Waals surface area contributed by atoms with Crippen LogP contribution in [0.2, 0.25) is 0 Å². The fourth-order valence-electron chi connectivity index (χ4n) is 3.21. The quantitative estimate of drug-likeness (QED) is 0.774. The summed E-state index contributed by atoms with van der Waals surface area (Å²) in [6, 6.07) is 21.2. The van der Waals surface area contributed by atoms with Gasteiger partial charge in [0, 0.05) is 6.92 Å². The standard InChI is InChI=1S/C18H21N2O/c1-16(21)19-12-14-20(15-13-19,17-8-4-2-5-9-17)18-10-6-3-7-11-18/h2-11H,12-15H2,1H3/q+1. The Hall–Kier alpha value is -2.13. The number of amides is 1. The molecule has 0 radical (unpaired) electrons. The zero-order chi connectivity index (χ0) is 14.7. The molecule has 108 valence electrons. The van der Waals surface area contributed by atoms with E-state index in [-0.39, 0.29) is 5.91 Å². The second kappa shape index (κ2) is 5.70. The van der Waals surface area contributed by atoms with Gasteiger partial charge in [0.05, 0.1) is 13.1 Å². The molecule has 1 saturated heterocycles. The summed E-state index contributed by atoms with van der Waals surface area (Å²) in [6.07, 6.45) is 0. The summed E-state index contributed by atoms with van der Waals surface area (Å²) in [5.74, 6) is 0.175. The van der Waals surface area contributed by atoms with Gasteiger partial charge in [0.2, 0.25) is 5.91 Å². The lowest BCUT2D eigenvalue weighted by atomic mass is 10.1. The van der Waals surface area contributed by atoms with Crippen molar-refractivity contribution in [2.24, 2.45) is 0 Å². The number of hydrogen-bond donors (Lipinski definition) is 0. The summed E-state index contributed by atoms with van der Waals surface area (Å²) in [5, 5.41) is 0. The van der Waals surface area contributed by atoms with Crippen molar-refractivity contribution in [3.8, 4) is 0 Å². The number of hydrogen-bond acceptors (Lipinski definition) is 1. The molecule has 0 spiro atoms. The zero-order valence-corrected chi connectivity index (χ0v) is 12.4. The van der Waals surface area contributed by atoms with E-state index in [1.165, 1.54) is 11.4 Å². The third kappa shape index (κ3) is 2.57. The van der Waals surface area contributed by atoms with E-state index >= 15 is 0 Å². The van der Waals surface area contributed by atoms with Crippen LogP contribution in [0.15, 0.2) is 60.7 Å². The zero-order valence-electron chi connectivity index (χ0n) is 12.4. The first kappa shape index (κ1) is 13.8. The average molecular weight is 281 g/mol. The van der Waals surface area contributed by atoms with Crippen LogP contribution in [0.1, 0.15) is 6.92 Å². The molecule has 1 aliphatic rings. The Labute approximate surface area is 126 Å². The molecule has 0 N–H and O–H groups in total. The van der Waals surface area contributed by atoms with E-state index in [9.17, 15) is 4.79 Å². The number of piperazine rings is 1. The summed E-state index contributed by atoms with van der Waals surface area (Å²) in [6.45, 7) is 5.12. The maximum absolute atomic E-state index is 11.6. The monoisotopic (exact) mass is 281 g/mol. The number of carbonyl (C=O) groups excluding carboxylic acids is 1. The topological polar surface area (TPSA) is 20.3 Å². The Morgan fingerprint density at radius 2 is 1.29 bits per heavy atom. The van der Waals surface area contributed by atoms with Gasteiger partial charge < -0.3 is 4.90 Å². The van der Waals surface area contributed by atoms with E-state index < -0.39 is 0 Å². The lowest BCUT2D eigenvalue weighted by Gasteiger charge is -2.43. The molecule has 1 heterocycles. The number of carbonyl (C=O) groups is 1. The van der Waals surface area contributed by atoms with Gasteiger partial charge in [0.1, 0.15) is 24.5 Å². The van der Waals surface area contributed by atoms with Gasteiger partial charge in [-0.15, -0.1) is 0 Å². The van der Waals surface area contributed by atoms with E-state index in [1.54, 1.807) is 6.92 Å². The number of nitrogens with zero attached hydrogens (tertiary/aromatic N) is 2. The first-order valence-corrected chi connectivity index (χ1v) is 7.46. The smallest absolute Gasteiger partial charge is 0.219 e. The molecule has 3 nitrogen and oxygen atoms in total. The second-order valence-electron chi connectivity index (χ2n) is 5.59. The number of benzene rings is 2. The van der Waals surface area contributed by atoms with Crippen molar-refractivity contribution in [1.82, 2.24) is 9.38 Å². The van der Waals surface area contributed by atoms with E-state index in [1.807, 2.05) is 4.90 Å². The Kier molecular flexibility index (Phi) is 3.76. The van der Waals surface area contributed by atoms with E-state index in [2.05, 4.69) is 60.7 Å². The fourth-order valence-corrected chi connectivity index (χ4v) is 3.21. The SMILES string of the molecule is CC(=O)N1CC[N+](c2ccccc2)(c2ccccc2)CC1. The lowest BCUT2D eigenvalue weighted by molar-refractivity contribution is -0.130. The molecule has 0 unspecified atom stereocenters. The third-order valence-corrected chi connectivity index (χ3v) is 4.45. The second-order valence-corrected chi connectivity index (χ2v) is 5.59. The van der Waals surface area contributed by atoms with Crippen molar-refractivity contribution in [3.63, 3.8) is 0 Å². The highest BCUT2D eigenvalue weighted by atomic mass is 16.2. The van der Waals surface area contributed by atoms with Gasteiger partial charge in [-0.1, -0.05) is 36.4 Å². The predicted molar refractivity (Wildman–Crippen MR) is 86.3 cm³/mol. The molecule has 2 aromatic carbocycles. The van der Waals surface area contributed by atoms with Gasteiger partial charge in [0.25, 0.3) is 0 Å². The number of rotatable bonds is 2. The van der Waals surface area contributed by atoms with Crippen molar-refractivity contribution in [2.75, 3.05) is 26.2 Å². The van der Waals surface area contributed by atoms with Gasteiger partial charge in [0.15, 0.2) is 0 Å². The van der Waals surface area contributed by atoms with Crippen LogP contribution in [0.25, 0.3) is 0 Å². The van der Waals surface area contributed by atoms with Crippen LogP contribution < -0.4 is 4.48 Å². The lowest BCUT2D eigenvalue weighted by Crippen LogP contribution is -2.58. The van der Waals surface area contributed by atoms with E-state index in [0.29, 0.717) is 0 Å². The van der Waals surface area contributed by atoms with Crippen molar-refractivity contribution in [2.45, 2.75) is 6.92 Å². The molecule has 2 aromatic rings. The molecule has 0 atom stereocenters. The molecule has 0 aliphatic carbocycles. The van der Waals surface area contributed by atoms with Crippen LogP contribution in [-0.4, -0.2) is 37.0 Å². The maximum Gasteiger partial charge on any atom is 0.219 e. The highest BCUT2D eigenvalue weighted by Crippen LogP contribution is 2.35. The Bertz CT molecular complexity index is 560. The number of quaternary nitrogens is 1. The van der Waals surface area contributed by atoms with Crippen molar-refractivity contribution in [3.05, 3.63) is 60.7 Å². The summed E-state index contributed by atoms with van der Waals surface area (Å²) in [5.41, 5.74) is 2.60. The van der Waals surface area contributed by atoms with Gasteiger partial charge in [-0.25, -0.2) is 0 Å². The molecular weight excluding hydrogens is 260 g/mol. The first-order chi connectivity index (χ1) is 10.2. The molecule has 3 rings (SSSR count). The minimum absolute atomic E-state index is 0.175. The highest BCUT2D eigenvalue weighted by Gasteiger charge is 2.37. The van der Waals surface area contributed by atoms with Crippen LogP contribution in [-0.2, 0) is 4.79 Å². The molecule has 0 saturated carbocycles. The molecule has 21 heavy (non-hydrogen) atoms. The minimum Gasteiger partial charge on any atom is -0.332 e. The molecule has 1 amide bonds. The van der Waals surface area contributed by atoms with E-state index in [4.69, 9.17) is 0 Å². The van der Waals surface area contributed by atoms with Crippen molar-refractivity contribution < 1.29 is 4.79 Å². The maximum atomic E-state index is 11.6. The summed E-state index contributed by atoms with van der Waals surface area (Å²) in [7, 11) is 0. The van der Waals surface area contributed by atoms with Gasteiger partial charge in [-0.2, -0.15) is 0 Å². The van der Waals surface area contributed by atoms with E-state index in [0.717, 1.165) is 30.7 Å². The highest BCUT2D eigenvalue weighted by molar-refractivity contribution is 5.73. The van der Waals surface area contributed by atoms with Crippen LogP contribution in [0.5, 0.6) is 0 Å². The van der Waals surface area contributed by atoms with Crippen LogP contribution >= 0.6 is 0 Å². The largest absolute Gasteiger partial charge is 0.332 e. The number of para-hydroxylation sites is 2. The first-order valence-electron chi connectivity index (χ1n) is 7.46. The van der Waals surface area contributed by atoms with Gasteiger partial charge >= 0.3 is 0 Å². The van der Waals surface area contributed by atoms with Gasteiger partial charge in [-0.3, -0.25) is 9.28 Å². The Morgan fingerprint density at radius 1 is 0.857 bits per heavy atom.